The normalized spacial score (nSPS) is 18.8. The molecule has 2 amide bonds. The molecule has 2 rings (SSSR count). The number of carbonyl (C=O) groups excluding carboxylic acids is 1. The number of aliphatic hydroxyl groups excluding tert-OH is 1. The third-order valence-electron chi connectivity index (χ3n) is 4.01. The lowest BCUT2D eigenvalue weighted by Crippen LogP contribution is -2.49. The van der Waals surface area contributed by atoms with Gasteiger partial charge < -0.3 is 19.9 Å². The maximum atomic E-state index is 12.3. The molecule has 1 saturated heterocycles. The van der Waals surface area contributed by atoms with Gasteiger partial charge in [0.2, 0.25) is 0 Å². The van der Waals surface area contributed by atoms with E-state index < -0.39 is 0 Å². The van der Waals surface area contributed by atoms with Crippen LogP contribution in [0.3, 0.4) is 0 Å². The molecular formula is C14H25N5O2. The van der Waals surface area contributed by atoms with Gasteiger partial charge in [-0.1, -0.05) is 0 Å². The first-order chi connectivity index (χ1) is 10.3. The molecule has 1 unspecified atom stereocenters. The quantitative estimate of drug-likeness (QED) is 0.812. The van der Waals surface area contributed by atoms with Gasteiger partial charge in [-0.25, -0.2) is 4.79 Å². The summed E-state index contributed by atoms with van der Waals surface area (Å²) in [5.41, 5.74) is 0. The molecule has 1 atom stereocenters. The van der Waals surface area contributed by atoms with Gasteiger partial charge in [-0.2, -0.15) is 0 Å². The molecule has 0 saturated carbocycles. The SMILES string of the molecule is CCn1cnnc1CCNC(=O)N1CCCCC1CCO. The van der Waals surface area contributed by atoms with E-state index in [1.807, 2.05) is 16.4 Å². The second-order valence-electron chi connectivity index (χ2n) is 5.37. The van der Waals surface area contributed by atoms with Crippen LogP contribution in [0.2, 0.25) is 0 Å². The summed E-state index contributed by atoms with van der Waals surface area (Å²) in [5, 5.41) is 20.0. The lowest BCUT2D eigenvalue weighted by molar-refractivity contribution is 0.132. The van der Waals surface area contributed by atoms with Crippen LogP contribution in [0, 0.1) is 0 Å². The predicted molar refractivity (Wildman–Crippen MR) is 78.8 cm³/mol. The minimum absolute atomic E-state index is 0.0317. The van der Waals surface area contributed by atoms with Crippen molar-refractivity contribution < 1.29 is 9.90 Å². The number of amides is 2. The first-order valence-electron chi connectivity index (χ1n) is 7.78. The lowest BCUT2D eigenvalue weighted by Gasteiger charge is -2.35. The van der Waals surface area contributed by atoms with Crippen LogP contribution < -0.4 is 5.32 Å². The van der Waals surface area contributed by atoms with Crippen molar-refractivity contribution in [1.82, 2.24) is 25.0 Å². The van der Waals surface area contributed by atoms with Gasteiger partial charge in [0.1, 0.15) is 12.2 Å². The molecule has 118 valence electrons. The Morgan fingerprint density at radius 1 is 1.52 bits per heavy atom. The number of nitrogens with zero attached hydrogens (tertiary/aromatic N) is 4. The van der Waals surface area contributed by atoms with Gasteiger partial charge >= 0.3 is 6.03 Å². The van der Waals surface area contributed by atoms with Crippen LogP contribution in [0.1, 0.15) is 38.4 Å². The first-order valence-corrected chi connectivity index (χ1v) is 7.78. The van der Waals surface area contributed by atoms with Gasteiger partial charge in [-0.3, -0.25) is 0 Å². The van der Waals surface area contributed by atoms with E-state index in [0.717, 1.165) is 38.2 Å². The van der Waals surface area contributed by atoms with Crippen LogP contribution in [-0.4, -0.2) is 56.5 Å². The highest BCUT2D eigenvalue weighted by Crippen LogP contribution is 2.19. The molecule has 0 aromatic carbocycles. The number of piperidine rings is 1. The topological polar surface area (TPSA) is 83.3 Å². The van der Waals surface area contributed by atoms with Gasteiger partial charge in [0.15, 0.2) is 0 Å². The highest BCUT2D eigenvalue weighted by atomic mass is 16.3. The molecule has 1 fully saturated rings. The Labute approximate surface area is 125 Å². The predicted octanol–water partition coefficient (Wildman–Crippen LogP) is 0.787. The number of hydrogen-bond donors (Lipinski definition) is 2. The van der Waals surface area contributed by atoms with Crippen LogP contribution in [0.15, 0.2) is 6.33 Å². The summed E-state index contributed by atoms with van der Waals surface area (Å²) in [5.74, 6) is 0.892. The van der Waals surface area contributed by atoms with Crippen molar-refractivity contribution in [3.05, 3.63) is 12.2 Å². The van der Waals surface area contributed by atoms with Gasteiger partial charge in [-0.15, -0.1) is 10.2 Å². The maximum absolute atomic E-state index is 12.3. The fourth-order valence-electron chi connectivity index (χ4n) is 2.84. The molecule has 0 bridgehead atoms. The van der Waals surface area contributed by atoms with E-state index in [2.05, 4.69) is 15.5 Å². The summed E-state index contributed by atoms with van der Waals surface area (Å²) < 4.78 is 1.97. The van der Waals surface area contributed by atoms with Crippen molar-refractivity contribution in [2.24, 2.45) is 0 Å². The molecule has 7 heteroatoms. The fraction of sp³-hybridized carbons (Fsp3) is 0.786. The summed E-state index contributed by atoms with van der Waals surface area (Å²) in [6.07, 6.45) is 6.21. The standard InChI is InChI=1S/C14H25N5O2/c1-2-18-11-16-17-13(18)6-8-15-14(21)19-9-4-3-5-12(19)7-10-20/h11-12,20H,2-10H2,1H3,(H,15,21). The Bertz CT molecular complexity index is 446. The molecule has 7 nitrogen and oxygen atoms in total. The van der Waals surface area contributed by atoms with Gasteiger partial charge in [0.25, 0.3) is 0 Å². The summed E-state index contributed by atoms with van der Waals surface area (Å²) in [4.78, 5) is 14.1. The molecule has 1 aromatic rings. The Hall–Kier alpha value is -1.63. The van der Waals surface area contributed by atoms with Crippen LogP contribution in [-0.2, 0) is 13.0 Å². The smallest absolute Gasteiger partial charge is 0.317 e. The second-order valence-corrected chi connectivity index (χ2v) is 5.37. The highest BCUT2D eigenvalue weighted by Gasteiger charge is 2.25. The molecule has 0 radical (unpaired) electrons. The van der Waals surface area contributed by atoms with E-state index in [0.29, 0.717) is 19.4 Å². The van der Waals surface area contributed by atoms with Crippen molar-refractivity contribution in [3.8, 4) is 0 Å². The zero-order valence-electron chi connectivity index (χ0n) is 12.7. The molecule has 0 aliphatic carbocycles. The number of aromatic nitrogens is 3. The number of aryl methyl sites for hydroxylation is 1. The molecule has 2 heterocycles. The van der Waals surface area contributed by atoms with Crippen molar-refractivity contribution >= 4 is 6.03 Å². The van der Waals surface area contributed by atoms with Crippen molar-refractivity contribution in [3.63, 3.8) is 0 Å². The van der Waals surface area contributed by atoms with Gasteiger partial charge in [-0.05, 0) is 32.6 Å². The summed E-state index contributed by atoms with van der Waals surface area (Å²) in [6, 6.07) is 0.138. The van der Waals surface area contributed by atoms with E-state index in [1.54, 1.807) is 6.33 Å². The van der Waals surface area contributed by atoms with Crippen LogP contribution in [0.5, 0.6) is 0 Å². The number of nitrogens with one attached hydrogen (secondary N) is 1. The number of urea groups is 1. The molecular weight excluding hydrogens is 270 g/mol. The molecule has 0 spiro atoms. The second kappa shape index (κ2) is 7.97. The molecule has 1 aliphatic heterocycles. The van der Waals surface area contributed by atoms with Crippen LogP contribution in [0.4, 0.5) is 4.79 Å². The zero-order chi connectivity index (χ0) is 15.1. The average molecular weight is 295 g/mol. The number of carbonyl (C=O) groups is 1. The maximum Gasteiger partial charge on any atom is 0.317 e. The number of hydrogen-bond acceptors (Lipinski definition) is 4. The molecule has 1 aromatic heterocycles. The van der Waals surface area contributed by atoms with Gasteiger partial charge in [0.05, 0.1) is 0 Å². The van der Waals surface area contributed by atoms with E-state index in [1.165, 1.54) is 0 Å². The number of rotatable bonds is 6. The van der Waals surface area contributed by atoms with Crippen LogP contribution in [0.25, 0.3) is 0 Å². The first kappa shape index (κ1) is 15.8. The fourth-order valence-corrected chi connectivity index (χ4v) is 2.84. The van der Waals surface area contributed by atoms with Crippen molar-refractivity contribution in [2.45, 2.75) is 51.6 Å². The molecule has 2 N–H and O–H groups in total. The summed E-state index contributed by atoms with van der Waals surface area (Å²) in [6.45, 7) is 4.34. The Morgan fingerprint density at radius 2 is 2.38 bits per heavy atom. The van der Waals surface area contributed by atoms with E-state index in [4.69, 9.17) is 5.11 Å². The zero-order valence-corrected chi connectivity index (χ0v) is 12.7. The monoisotopic (exact) mass is 295 g/mol. The van der Waals surface area contributed by atoms with Crippen molar-refractivity contribution in [1.29, 1.82) is 0 Å². The van der Waals surface area contributed by atoms with Crippen LogP contribution >= 0.6 is 0 Å². The van der Waals surface area contributed by atoms with Gasteiger partial charge in [0, 0.05) is 38.7 Å². The molecule has 1 aliphatic rings. The average Bonchev–Trinajstić information content (AvgIpc) is 2.95. The Kier molecular flexibility index (Phi) is 5.98. The highest BCUT2D eigenvalue weighted by molar-refractivity contribution is 5.74. The van der Waals surface area contributed by atoms with E-state index in [-0.39, 0.29) is 18.7 Å². The minimum atomic E-state index is -0.0317. The molecule has 21 heavy (non-hydrogen) atoms. The third-order valence-corrected chi connectivity index (χ3v) is 4.01. The Morgan fingerprint density at radius 3 is 3.14 bits per heavy atom. The largest absolute Gasteiger partial charge is 0.396 e. The lowest BCUT2D eigenvalue weighted by atomic mass is 10.0. The van der Waals surface area contributed by atoms with E-state index in [9.17, 15) is 4.79 Å². The van der Waals surface area contributed by atoms with E-state index >= 15 is 0 Å². The number of aliphatic hydroxyl groups is 1. The third kappa shape index (κ3) is 4.17. The summed E-state index contributed by atoms with van der Waals surface area (Å²) >= 11 is 0. The van der Waals surface area contributed by atoms with Crippen molar-refractivity contribution in [2.75, 3.05) is 19.7 Å². The Balaban J connectivity index is 1.80. The number of likely N-dealkylation sites (tertiary alicyclic amines) is 1. The summed E-state index contributed by atoms with van der Waals surface area (Å²) in [7, 11) is 0. The minimum Gasteiger partial charge on any atom is -0.396 e.